The third kappa shape index (κ3) is 2.86. The van der Waals surface area contributed by atoms with E-state index in [4.69, 9.17) is 9.84 Å². The van der Waals surface area contributed by atoms with Gasteiger partial charge >= 0.3 is 12.1 Å². The van der Waals surface area contributed by atoms with Crippen molar-refractivity contribution >= 4 is 27.3 Å². The standard InChI is InChI=1S/C14H16F3NO5S2/c1-23-13(14(15,16)17)6-7-4-8(13)5-9(7)18-25(21,22)10-2-3-24-11(10)12(19)20/h2-3,7-9,18H,4-6H2,1H3,(H,19,20)/t7-,8-,9+,13-/m1/s1. The number of fused-ring (bicyclic) bond motifs is 2. The Balaban J connectivity index is 1.79. The number of carboxylic acid groups (broad SMARTS) is 1. The first kappa shape index (κ1) is 18.6. The minimum atomic E-state index is -4.52. The molecule has 0 spiro atoms. The van der Waals surface area contributed by atoms with Crippen molar-refractivity contribution in [2.45, 2.75) is 42.0 Å². The second-order valence-corrected chi connectivity index (χ2v) is 8.97. The van der Waals surface area contributed by atoms with Gasteiger partial charge in [0.05, 0.1) is 0 Å². The molecule has 11 heteroatoms. The van der Waals surface area contributed by atoms with Gasteiger partial charge in [0, 0.05) is 13.2 Å². The quantitative estimate of drug-likeness (QED) is 0.794. The molecular formula is C14H16F3NO5S2. The number of sulfonamides is 1. The topological polar surface area (TPSA) is 92.7 Å². The van der Waals surface area contributed by atoms with Crippen molar-refractivity contribution < 1.29 is 36.2 Å². The first-order chi connectivity index (χ1) is 11.5. The van der Waals surface area contributed by atoms with Gasteiger partial charge in [-0.15, -0.1) is 11.3 Å². The van der Waals surface area contributed by atoms with Crippen LogP contribution >= 0.6 is 11.3 Å². The summed E-state index contributed by atoms with van der Waals surface area (Å²) in [6.07, 6.45) is -4.60. The van der Waals surface area contributed by atoms with Gasteiger partial charge in [-0.05, 0) is 42.5 Å². The van der Waals surface area contributed by atoms with Gasteiger partial charge in [0.2, 0.25) is 10.0 Å². The molecular weight excluding hydrogens is 383 g/mol. The molecule has 0 saturated heterocycles. The van der Waals surface area contributed by atoms with Crippen LogP contribution in [-0.2, 0) is 14.8 Å². The Morgan fingerprint density at radius 1 is 1.44 bits per heavy atom. The molecule has 140 valence electrons. The van der Waals surface area contributed by atoms with Gasteiger partial charge in [0.15, 0.2) is 5.60 Å². The molecule has 0 amide bonds. The van der Waals surface area contributed by atoms with Crippen LogP contribution in [0.15, 0.2) is 16.3 Å². The van der Waals surface area contributed by atoms with Crippen molar-refractivity contribution in [2.75, 3.05) is 7.11 Å². The summed E-state index contributed by atoms with van der Waals surface area (Å²) in [7, 11) is -3.09. The van der Waals surface area contributed by atoms with Crippen LogP contribution in [0.3, 0.4) is 0 Å². The van der Waals surface area contributed by atoms with E-state index in [1.54, 1.807) is 0 Å². The Bertz CT molecular complexity index is 791. The molecule has 0 aromatic carbocycles. The first-order valence-corrected chi connectivity index (χ1v) is 9.83. The SMILES string of the molecule is CO[C@]1(C(F)(F)F)C[C@H]2C[C@@H]1C[C@@H]2NS(=O)(=O)c1ccsc1C(=O)O. The Kier molecular flexibility index (Phi) is 4.42. The van der Waals surface area contributed by atoms with Crippen LogP contribution in [0.2, 0.25) is 0 Å². The maximum absolute atomic E-state index is 13.4. The van der Waals surface area contributed by atoms with Gasteiger partial charge in [-0.2, -0.15) is 13.2 Å². The second-order valence-electron chi connectivity index (χ2n) is 6.37. The maximum atomic E-state index is 13.4. The molecule has 4 atom stereocenters. The van der Waals surface area contributed by atoms with Gasteiger partial charge in [0.1, 0.15) is 9.77 Å². The minimum Gasteiger partial charge on any atom is -0.477 e. The zero-order valence-electron chi connectivity index (χ0n) is 13.0. The highest BCUT2D eigenvalue weighted by Gasteiger charge is 2.68. The lowest BCUT2D eigenvalue weighted by molar-refractivity contribution is -0.287. The van der Waals surface area contributed by atoms with Crippen LogP contribution in [0.4, 0.5) is 13.2 Å². The fourth-order valence-corrected chi connectivity index (χ4v) is 6.65. The number of alkyl halides is 3. The lowest BCUT2D eigenvalue weighted by atomic mass is 9.81. The van der Waals surface area contributed by atoms with Crippen molar-refractivity contribution in [1.29, 1.82) is 0 Å². The fraction of sp³-hybridized carbons (Fsp3) is 0.643. The van der Waals surface area contributed by atoms with Crippen LogP contribution in [0.25, 0.3) is 0 Å². The number of rotatable bonds is 5. The van der Waals surface area contributed by atoms with E-state index < -0.39 is 45.6 Å². The van der Waals surface area contributed by atoms with Crippen molar-refractivity contribution in [3.8, 4) is 0 Å². The number of hydrogen-bond donors (Lipinski definition) is 2. The van der Waals surface area contributed by atoms with Gasteiger partial charge in [0.25, 0.3) is 0 Å². The summed E-state index contributed by atoms with van der Waals surface area (Å²) < 4.78 is 72.3. The number of thiophene rings is 1. The Labute approximate surface area is 146 Å². The summed E-state index contributed by atoms with van der Waals surface area (Å²) in [5, 5.41) is 10.4. The molecule has 1 aromatic heterocycles. The Hall–Kier alpha value is -1.17. The zero-order chi connectivity index (χ0) is 18.6. The molecule has 2 saturated carbocycles. The molecule has 1 heterocycles. The van der Waals surface area contributed by atoms with Gasteiger partial charge in [-0.3, -0.25) is 0 Å². The van der Waals surface area contributed by atoms with E-state index in [9.17, 15) is 26.4 Å². The smallest absolute Gasteiger partial charge is 0.417 e. The largest absolute Gasteiger partial charge is 0.477 e. The van der Waals surface area contributed by atoms with Crippen LogP contribution < -0.4 is 4.72 Å². The average Bonchev–Trinajstić information content (AvgIpc) is 3.19. The molecule has 0 unspecified atom stereocenters. The summed E-state index contributed by atoms with van der Waals surface area (Å²) >= 11 is 0.777. The molecule has 2 N–H and O–H groups in total. The van der Waals surface area contributed by atoms with Gasteiger partial charge in [-0.1, -0.05) is 0 Å². The van der Waals surface area contributed by atoms with E-state index in [0.29, 0.717) is 0 Å². The van der Waals surface area contributed by atoms with Crippen molar-refractivity contribution in [1.82, 2.24) is 4.72 Å². The Morgan fingerprint density at radius 3 is 2.60 bits per heavy atom. The summed E-state index contributed by atoms with van der Waals surface area (Å²) in [5.41, 5.74) is -2.23. The average molecular weight is 399 g/mol. The predicted octanol–water partition coefficient (Wildman–Crippen LogP) is 2.47. The molecule has 2 aliphatic carbocycles. The van der Waals surface area contributed by atoms with Crippen LogP contribution in [-0.4, -0.2) is 44.4 Å². The van der Waals surface area contributed by atoms with E-state index >= 15 is 0 Å². The molecule has 2 fully saturated rings. The predicted molar refractivity (Wildman–Crippen MR) is 82.0 cm³/mol. The number of ether oxygens (including phenoxy) is 1. The number of halogens is 3. The summed E-state index contributed by atoms with van der Waals surface area (Å²) in [5.74, 6) is -2.69. The molecule has 0 aliphatic heterocycles. The highest BCUT2D eigenvalue weighted by Crippen LogP contribution is 2.58. The van der Waals surface area contributed by atoms with E-state index in [-0.39, 0.29) is 29.0 Å². The molecule has 25 heavy (non-hydrogen) atoms. The number of aromatic carboxylic acids is 1. The number of hydrogen-bond acceptors (Lipinski definition) is 5. The first-order valence-electron chi connectivity index (χ1n) is 7.47. The highest BCUT2D eigenvalue weighted by molar-refractivity contribution is 7.89. The van der Waals surface area contributed by atoms with Crippen molar-refractivity contribution in [3.63, 3.8) is 0 Å². The van der Waals surface area contributed by atoms with Crippen molar-refractivity contribution in [2.24, 2.45) is 11.8 Å². The maximum Gasteiger partial charge on any atom is 0.417 e. The van der Waals surface area contributed by atoms with Crippen LogP contribution in [0.5, 0.6) is 0 Å². The van der Waals surface area contributed by atoms with Crippen molar-refractivity contribution in [3.05, 3.63) is 16.3 Å². The third-order valence-electron chi connectivity index (χ3n) is 5.18. The van der Waals surface area contributed by atoms with Crippen LogP contribution in [0.1, 0.15) is 28.9 Å². The molecule has 0 radical (unpaired) electrons. The molecule has 1 aromatic rings. The fourth-order valence-electron chi connectivity index (χ4n) is 4.07. The summed E-state index contributed by atoms with van der Waals surface area (Å²) in [4.78, 5) is 10.4. The number of methoxy groups -OCH3 is 1. The molecule has 2 aliphatic rings. The molecule has 6 nitrogen and oxygen atoms in total. The normalized spacial score (nSPS) is 32.2. The third-order valence-corrected chi connectivity index (χ3v) is 7.75. The minimum absolute atomic E-state index is 0.00376. The van der Waals surface area contributed by atoms with E-state index in [1.807, 2.05) is 0 Å². The molecule has 2 bridgehead atoms. The zero-order valence-corrected chi connectivity index (χ0v) is 14.7. The lowest BCUT2D eigenvalue weighted by Crippen LogP contribution is -2.54. The van der Waals surface area contributed by atoms with E-state index in [2.05, 4.69) is 4.72 Å². The number of carbonyl (C=O) groups is 1. The second kappa shape index (κ2) is 5.93. The van der Waals surface area contributed by atoms with Gasteiger partial charge in [-0.25, -0.2) is 17.9 Å². The monoisotopic (exact) mass is 399 g/mol. The van der Waals surface area contributed by atoms with E-state index in [0.717, 1.165) is 18.4 Å². The lowest BCUT2D eigenvalue weighted by Gasteiger charge is -2.40. The number of carboxylic acids is 1. The Morgan fingerprint density at radius 2 is 2.12 bits per heavy atom. The number of nitrogens with one attached hydrogen (secondary N) is 1. The highest BCUT2D eigenvalue weighted by atomic mass is 32.2. The summed E-state index contributed by atoms with van der Waals surface area (Å²) in [6, 6.07) is 0.515. The van der Waals surface area contributed by atoms with E-state index in [1.165, 1.54) is 11.4 Å². The van der Waals surface area contributed by atoms with Gasteiger partial charge < -0.3 is 9.84 Å². The van der Waals surface area contributed by atoms with Crippen LogP contribution in [0, 0.1) is 11.8 Å². The molecule has 3 rings (SSSR count). The summed E-state index contributed by atoms with van der Waals surface area (Å²) in [6.45, 7) is 0.